The Morgan fingerprint density at radius 1 is 1.56 bits per heavy atom. The molecular formula is C11H9Cl2N3O2. The number of anilines is 1. The number of halogens is 2. The number of esters is 1. The van der Waals surface area contributed by atoms with E-state index in [0.29, 0.717) is 15.7 Å². The molecule has 0 spiro atoms. The van der Waals surface area contributed by atoms with Crippen LogP contribution in [0.5, 0.6) is 0 Å². The fourth-order valence-corrected chi connectivity index (χ4v) is 1.35. The summed E-state index contributed by atoms with van der Waals surface area (Å²) in [5.74, 6) is -0.800. The minimum atomic E-state index is -0.800. The van der Waals surface area contributed by atoms with E-state index in [9.17, 15) is 4.79 Å². The molecule has 1 aromatic carbocycles. The molecule has 0 saturated carbocycles. The van der Waals surface area contributed by atoms with Crippen molar-refractivity contribution in [2.45, 2.75) is 6.92 Å². The van der Waals surface area contributed by atoms with Crippen molar-refractivity contribution in [3.63, 3.8) is 0 Å². The van der Waals surface area contributed by atoms with Gasteiger partial charge >= 0.3 is 5.97 Å². The van der Waals surface area contributed by atoms with Crippen LogP contribution in [0.2, 0.25) is 10.0 Å². The highest BCUT2D eigenvalue weighted by Crippen LogP contribution is 2.25. The minimum Gasteiger partial charge on any atom is -0.461 e. The average molecular weight is 286 g/mol. The van der Waals surface area contributed by atoms with Crippen LogP contribution in [0.3, 0.4) is 0 Å². The minimum absolute atomic E-state index is 0.164. The molecule has 0 aliphatic carbocycles. The van der Waals surface area contributed by atoms with Crippen molar-refractivity contribution in [3.8, 4) is 6.07 Å². The molecule has 0 fully saturated rings. The van der Waals surface area contributed by atoms with Gasteiger partial charge in [-0.3, -0.25) is 5.43 Å². The standard InChI is InChI=1S/C11H9Cl2N3O2/c1-2-18-11(17)10(6-14)16-15-9-5-7(12)3-4-8(9)13/h3-5,15H,2H2,1H3/b16-10+. The number of hydrazone groups is 1. The number of hydrogen-bond acceptors (Lipinski definition) is 5. The zero-order valence-corrected chi connectivity index (χ0v) is 10.9. The summed E-state index contributed by atoms with van der Waals surface area (Å²) in [6.45, 7) is 1.80. The molecule has 0 radical (unpaired) electrons. The lowest BCUT2D eigenvalue weighted by Crippen LogP contribution is -2.17. The largest absolute Gasteiger partial charge is 0.461 e. The first-order valence-corrected chi connectivity index (χ1v) is 5.70. The summed E-state index contributed by atoms with van der Waals surface area (Å²) in [7, 11) is 0. The van der Waals surface area contributed by atoms with E-state index in [1.54, 1.807) is 25.1 Å². The van der Waals surface area contributed by atoms with Crippen LogP contribution in [0.1, 0.15) is 6.92 Å². The number of hydrogen-bond donors (Lipinski definition) is 1. The third kappa shape index (κ3) is 3.91. The number of nitriles is 1. The van der Waals surface area contributed by atoms with Crippen LogP contribution in [0.4, 0.5) is 5.69 Å². The lowest BCUT2D eigenvalue weighted by Gasteiger charge is -2.04. The number of nitrogens with one attached hydrogen (secondary N) is 1. The second-order valence-electron chi connectivity index (χ2n) is 3.03. The molecule has 1 rings (SSSR count). The zero-order valence-electron chi connectivity index (χ0n) is 9.41. The predicted molar refractivity (Wildman–Crippen MR) is 69.8 cm³/mol. The smallest absolute Gasteiger partial charge is 0.369 e. The quantitative estimate of drug-likeness (QED) is 0.524. The molecule has 1 N–H and O–H groups in total. The Labute approximate surface area is 114 Å². The molecule has 94 valence electrons. The highest BCUT2D eigenvalue weighted by molar-refractivity contribution is 6.43. The molecule has 0 heterocycles. The molecule has 7 heteroatoms. The molecule has 0 aliphatic heterocycles. The lowest BCUT2D eigenvalue weighted by molar-refractivity contribution is -0.134. The molecule has 1 aromatic rings. The number of carbonyl (C=O) groups excluding carboxylic acids is 1. The third-order valence-corrected chi connectivity index (χ3v) is 2.36. The molecular weight excluding hydrogens is 277 g/mol. The topological polar surface area (TPSA) is 74.5 Å². The number of nitrogens with zero attached hydrogens (tertiary/aromatic N) is 2. The van der Waals surface area contributed by atoms with Gasteiger partial charge in [-0.1, -0.05) is 23.2 Å². The highest BCUT2D eigenvalue weighted by Gasteiger charge is 2.12. The van der Waals surface area contributed by atoms with E-state index in [1.165, 1.54) is 6.07 Å². The fourth-order valence-electron chi connectivity index (χ4n) is 1.02. The number of rotatable bonds is 4. The van der Waals surface area contributed by atoms with Gasteiger partial charge in [-0.25, -0.2) is 4.79 Å². The van der Waals surface area contributed by atoms with Crippen LogP contribution >= 0.6 is 23.2 Å². The van der Waals surface area contributed by atoms with E-state index in [-0.39, 0.29) is 6.61 Å². The van der Waals surface area contributed by atoms with Gasteiger partial charge in [-0.15, -0.1) is 0 Å². The van der Waals surface area contributed by atoms with E-state index < -0.39 is 11.7 Å². The number of ether oxygens (including phenoxy) is 1. The number of carbonyl (C=O) groups is 1. The number of benzene rings is 1. The van der Waals surface area contributed by atoms with Crippen LogP contribution < -0.4 is 5.43 Å². The van der Waals surface area contributed by atoms with Crippen LogP contribution in [0.15, 0.2) is 23.3 Å². The summed E-state index contributed by atoms with van der Waals surface area (Å²) in [5.41, 5.74) is 2.49. The molecule has 0 aromatic heterocycles. The van der Waals surface area contributed by atoms with Crippen molar-refractivity contribution in [2.24, 2.45) is 5.10 Å². The first-order chi connectivity index (χ1) is 8.58. The van der Waals surface area contributed by atoms with Gasteiger partial charge in [0.05, 0.1) is 17.3 Å². The Bertz CT molecular complexity index is 524. The van der Waals surface area contributed by atoms with Gasteiger partial charge in [0, 0.05) is 5.02 Å². The Hall–Kier alpha value is -1.77. The molecule has 0 unspecified atom stereocenters. The molecule has 0 amide bonds. The summed E-state index contributed by atoms with van der Waals surface area (Å²) in [4.78, 5) is 11.3. The van der Waals surface area contributed by atoms with Gasteiger partial charge in [-0.05, 0) is 25.1 Å². The SMILES string of the molecule is CCOC(=O)/C(C#N)=N/Nc1cc(Cl)ccc1Cl. The van der Waals surface area contributed by atoms with E-state index in [2.05, 4.69) is 15.3 Å². The summed E-state index contributed by atoms with van der Waals surface area (Å²) in [5, 5.41) is 13.2. The zero-order chi connectivity index (χ0) is 13.5. The van der Waals surface area contributed by atoms with E-state index in [4.69, 9.17) is 28.5 Å². The molecule has 0 aliphatic rings. The Balaban J connectivity index is 2.87. The van der Waals surface area contributed by atoms with Crippen molar-refractivity contribution in [3.05, 3.63) is 28.2 Å². The monoisotopic (exact) mass is 285 g/mol. The second kappa shape index (κ2) is 6.84. The van der Waals surface area contributed by atoms with E-state index in [0.717, 1.165) is 0 Å². The molecule has 5 nitrogen and oxygen atoms in total. The van der Waals surface area contributed by atoms with Crippen molar-refractivity contribution in [1.82, 2.24) is 0 Å². The van der Waals surface area contributed by atoms with Crippen molar-refractivity contribution in [1.29, 1.82) is 5.26 Å². The van der Waals surface area contributed by atoms with Crippen molar-refractivity contribution >= 4 is 40.6 Å². The highest BCUT2D eigenvalue weighted by atomic mass is 35.5. The van der Waals surface area contributed by atoms with Crippen LogP contribution in [0, 0.1) is 11.3 Å². The Morgan fingerprint density at radius 2 is 2.28 bits per heavy atom. The molecule has 18 heavy (non-hydrogen) atoms. The van der Waals surface area contributed by atoms with Gasteiger partial charge < -0.3 is 4.74 Å². The normalized spacial score (nSPS) is 10.7. The average Bonchev–Trinajstić information content (AvgIpc) is 2.34. The van der Waals surface area contributed by atoms with Crippen LogP contribution in [0.25, 0.3) is 0 Å². The maximum atomic E-state index is 11.3. The van der Waals surface area contributed by atoms with Gasteiger partial charge in [0.15, 0.2) is 0 Å². The lowest BCUT2D eigenvalue weighted by atomic mass is 10.3. The van der Waals surface area contributed by atoms with Gasteiger partial charge in [0.25, 0.3) is 0 Å². The van der Waals surface area contributed by atoms with Gasteiger partial charge in [0.1, 0.15) is 6.07 Å². The maximum Gasteiger partial charge on any atom is 0.369 e. The molecule has 0 saturated heterocycles. The fraction of sp³-hybridized carbons (Fsp3) is 0.182. The molecule has 0 bridgehead atoms. The summed E-state index contributed by atoms with van der Waals surface area (Å²) in [6, 6.07) is 6.32. The van der Waals surface area contributed by atoms with Crippen molar-refractivity contribution < 1.29 is 9.53 Å². The Kier molecular flexibility index (Phi) is 5.43. The van der Waals surface area contributed by atoms with Crippen LogP contribution in [-0.2, 0) is 9.53 Å². The third-order valence-electron chi connectivity index (χ3n) is 1.79. The first kappa shape index (κ1) is 14.3. The van der Waals surface area contributed by atoms with E-state index in [1.807, 2.05) is 0 Å². The summed E-state index contributed by atoms with van der Waals surface area (Å²) >= 11 is 11.6. The van der Waals surface area contributed by atoms with Gasteiger partial charge in [0.2, 0.25) is 5.71 Å². The first-order valence-electron chi connectivity index (χ1n) is 4.94. The summed E-state index contributed by atoms with van der Waals surface area (Å²) < 4.78 is 4.65. The van der Waals surface area contributed by atoms with Crippen molar-refractivity contribution in [2.75, 3.05) is 12.0 Å². The Morgan fingerprint density at radius 3 is 2.89 bits per heavy atom. The maximum absolute atomic E-state index is 11.3. The van der Waals surface area contributed by atoms with Crippen LogP contribution in [-0.4, -0.2) is 18.3 Å². The molecule has 0 atom stereocenters. The van der Waals surface area contributed by atoms with Gasteiger partial charge in [-0.2, -0.15) is 10.4 Å². The predicted octanol–water partition coefficient (Wildman–Crippen LogP) is 2.85. The second-order valence-corrected chi connectivity index (χ2v) is 3.87. The van der Waals surface area contributed by atoms with E-state index >= 15 is 0 Å². The summed E-state index contributed by atoms with van der Waals surface area (Å²) in [6.07, 6.45) is 0.